The average molecular weight is 377 g/mol. The van der Waals surface area contributed by atoms with E-state index in [0.717, 1.165) is 6.54 Å². The molecular weight excluding hydrogens is 363 g/mol. The number of sulfonamides is 1. The number of nitrogens with one attached hydrogen (secondary N) is 2. The van der Waals surface area contributed by atoms with E-state index in [9.17, 15) is 12.8 Å². The van der Waals surface area contributed by atoms with Crippen LogP contribution in [0, 0.1) is 5.82 Å². The van der Waals surface area contributed by atoms with Crippen LogP contribution in [0.25, 0.3) is 0 Å². The van der Waals surface area contributed by atoms with Gasteiger partial charge in [0, 0.05) is 4.47 Å². The van der Waals surface area contributed by atoms with Gasteiger partial charge in [-0.1, -0.05) is 22.9 Å². The standard InChI is InChI=1S/C13H14BrFN2O3S/c1-2-16-8-10-4-6-13(20-10)21(18,19)17-12-7-9(14)3-5-11(12)15/h3-7,16-17H,2,8H2,1H3. The largest absolute Gasteiger partial charge is 0.446 e. The monoisotopic (exact) mass is 376 g/mol. The summed E-state index contributed by atoms with van der Waals surface area (Å²) in [5.41, 5.74) is -0.144. The third-order valence-electron chi connectivity index (χ3n) is 2.62. The van der Waals surface area contributed by atoms with Crippen LogP contribution in [0.1, 0.15) is 12.7 Å². The fourth-order valence-corrected chi connectivity index (χ4v) is 2.99. The number of halogens is 2. The Bertz CT molecular complexity index is 731. The van der Waals surface area contributed by atoms with Crippen LogP contribution in [0.4, 0.5) is 10.1 Å². The first-order chi connectivity index (χ1) is 9.92. The highest BCUT2D eigenvalue weighted by atomic mass is 79.9. The van der Waals surface area contributed by atoms with E-state index in [1.807, 2.05) is 6.92 Å². The van der Waals surface area contributed by atoms with Crippen LogP contribution in [0.2, 0.25) is 0 Å². The SMILES string of the molecule is CCNCc1ccc(S(=O)(=O)Nc2cc(Br)ccc2F)o1. The van der Waals surface area contributed by atoms with Crippen LogP contribution in [-0.2, 0) is 16.6 Å². The van der Waals surface area contributed by atoms with E-state index in [-0.39, 0.29) is 10.8 Å². The minimum absolute atomic E-state index is 0.144. The summed E-state index contributed by atoms with van der Waals surface area (Å²) in [6.07, 6.45) is 0. The van der Waals surface area contributed by atoms with Crippen LogP contribution in [0.15, 0.2) is 44.3 Å². The lowest BCUT2D eigenvalue weighted by molar-refractivity contribution is 0.405. The van der Waals surface area contributed by atoms with E-state index in [0.29, 0.717) is 16.8 Å². The summed E-state index contributed by atoms with van der Waals surface area (Å²) in [5.74, 6) is -0.173. The highest BCUT2D eigenvalue weighted by molar-refractivity contribution is 9.10. The Hall–Kier alpha value is -1.38. The second-order valence-electron chi connectivity index (χ2n) is 4.23. The molecule has 0 unspecified atom stereocenters. The maximum Gasteiger partial charge on any atom is 0.295 e. The van der Waals surface area contributed by atoms with Gasteiger partial charge in [-0.2, -0.15) is 8.42 Å². The maximum absolute atomic E-state index is 13.6. The minimum atomic E-state index is -3.96. The molecule has 0 amide bonds. The molecule has 114 valence electrons. The Balaban J connectivity index is 2.22. The molecule has 0 aliphatic rings. The fourth-order valence-electron chi connectivity index (χ4n) is 1.62. The van der Waals surface area contributed by atoms with Crippen molar-refractivity contribution in [2.24, 2.45) is 0 Å². The van der Waals surface area contributed by atoms with Crippen molar-refractivity contribution < 1.29 is 17.2 Å². The highest BCUT2D eigenvalue weighted by Crippen LogP contribution is 2.24. The molecule has 0 saturated carbocycles. The lowest BCUT2D eigenvalue weighted by Gasteiger charge is -2.07. The van der Waals surface area contributed by atoms with Gasteiger partial charge in [-0.05, 0) is 36.9 Å². The molecule has 0 saturated heterocycles. The van der Waals surface area contributed by atoms with E-state index in [4.69, 9.17) is 4.42 Å². The first-order valence-electron chi connectivity index (χ1n) is 6.19. The van der Waals surface area contributed by atoms with Crippen molar-refractivity contribution in [3.05, 3.63) is 46.4 Å². The molecule has 1 heterocycles. The summed E-state index contributed by atoms with van der Waals surface area (Å²) < 4.78 is 45.9. The zero-order valence-corrected chi connectivity index (χ0v) is 13.6. The van der Waals surface area contributed by atoms with E-state index in [1.165, 1.54) is 24.3 Å². The van der Waals surface area contributed by atoms with Gasteiger partial charge in [-0.3, -0.25) is 4.72 Å². The topological polar surface area (TPSA) is 71.3 Å². The molecular formula is C13H14BrFN2O3S. The Morgan fingerprint density at radius 1 is 1.29 bits per heavy atom. The van der Waals surface area contributed by atoms with E-state index in [1.54, 1.807) is 6.07 Å². The van der Waals surface area contributed by atoms with Gasteiger partial charge >= 0.3 is 0 Å². The highest BCUT2D eigenvalue weighted by Gasteiger charge is 2.20. The van der Waals surface area contributed by atoms with Gasteiger partial charge in [0.05, 0.1) is 12.2 Å². The van der Waals surface area contributed by atoms with Gasteiger partial charge in [-0.15, -0.1) is 0 Å². The van der Waals surface area contributed by atoms with Crippen molar-refractivity contribution >= 4 is 31.6 Å². The molecule has 0 fully saturated rings. The molecule has 5 nitrogen and oxygen atoms in total. The smallest absolute Gasteiger partial charge is 0.295 e. The summed E-state index contributed by atoms with van der Waals surface area (Å²) in [7, 11) is -3.96. The summed E-state index contributed by atoms with van der Waals surface area (Å²) in [4.78, 5) is 0. The van der Waals surface area contributed by atoms with Gasteiger partial charge in [0.25, 0.3) is 10.0 Å². The van der Waals surface area contributed by atoms with Gasteiger partial charge in [0.2, 0.25) is 5.09 Å². The van der Waals surface area contributed by atoms with Crippen molar-refractivity contribution in [3.63, 3.8) is 0 Å². The molecule has 0 bridgehead atoms. The van der Waals surface area contributed by atoms with Crippen molar-refractivity contribution in [3.8, 4) is 0 Å². The molecule has 1 aromatic heterocycles. The molecule has 2 rings (SSSR count). The van der Waals surface area contributed by atoms with E-state index >= 15 is 0 Å². The first kappa shape index (κ1) is 16.0. The predicted molar refractivity (Wildman–Crippen MR) is 81.0 cm³/mol. The Kier molecular flexibility index (Phi) is 5.02. The van der Waals surface area contributed by atoms with Crippen LogP contribution in [-0.4, -0.2) is 15.0 Å². The number of hydrogen-bond donors (Lipinski definition) is 2. The van der Waals surface area contributed by atoms with Crippen molar-refractivity contribution in [2.45, 2.75) is 18.6 Å². The van der Waals surface area contributed by atoms with Crippen molar-refractivity contribution in [2.75, 3.05) is 11.3 Å². The van der Waals surface area contributed by atoms with Crippen LogP contribution >= 0.6 is 15.9 Å². The third kappa shape index (κ3) is 4.05. The molecule has 0 spiro atoms. The summed E-state index contributed by atoms with van der Waals surface area (Å²) in [6, 6.07) is 6.89. The quantitative estimate of drug-likeness (QED) is 0.812. The third-order valence-corrected chi connectivity index (χ3v) is 4.35. The Morgan fingerprint density at radius 3 is 2.76 bits per heavy atom. The molecule has 1 aromatic carbocycles. The summed E-state index contributed by atoms with van der Waals surface area (Å²) in [5, 5.41) is 2.77. The number of hydrogen-bond acceptors (Lipinski definition) is 4. The van der Waals surface area contributed by atoms with Gasteiger partial charge in [-0.25, -0.2) is 4.39 Å². The van der Waals surface area contributed by atoms with Crippen LogP contribution < -0.4 is 10.0 Å². The fraction of sp³-hybridized carbons (Fsp3) is 0.231. The minimum Gasteiger partial charge on any atom is -0.446 e. The molecule has 0 aliphatic heterocycles. The maximum atomic E-state index is 13.6. The number of benzene rings is 1. The summed E-state index contributed by atoms with van der Waals surface area (Å²) >= 11 is 3.16. The molecule has 21 heavy (non-hydrogen) atoms. The van der Waals surface area contributed by atoms with E-state index in [2.05, 4.69) is 26.0 Å². The summed E-state index contributed by atoms with van der Waals surface area (Å²) in [6.45, 7) is 3.10. The first-order valence-corrected chi connectivity index (χ1v) is 8.47. The van der Waals surface area contributed by atoms with Gasteiger partial charge in [0.15, 0.2) is 0 Å². The van der Waals surface area contributed by atoms with E-state index < -0.39 is 15.8 Å². The Morgan fingerprint density at radius 2 is 2.05 bits per heavy atom. The van der Waals surface area contributed by atoms with Gasteiger partial charge in [0.1, 0.15) is 11.6 Å². The molecule has 0 aliphatic carbocycles. The number of rotatable bonds is 6. The van der Waals surface area contributed by atoms with Gasteiger partial charge < -0.3 is 9.73 Å². The zero-order chi connectivity index (χ0) is 15.5. The molecule has 8 heteroatoms. The Labute approximate surface area is 130 Å². The molecule has 0 atom stereocenters. The molecule has 0 radical (unpaired) electrons. The zero-order valence-electron chi connectivity index (χ0n) is 11.2. The average Bonchev–Trinajstić information content (AvgIpc) is 2.90. The predicted octanol–water partition coefficient (Wildman–Crippen LogP) is 3.09. The number of furan rings is 1. The second-order valence-corrected chi connectivity index (χ2v) is 6.76. The van der Waals surface area contributed by atoms with Crippen LogP contribution in [0.5, 0.6) is 0 Å². The normalized spacial score (nSPS) is 11.6. The number of anilines is 1. The lowest BCUT2D eigenvalue weighted by Crippen LogP contribution is -2.13. The van der Waals surface area contributed by atoms with Crippen molar-refractivity contribution in [1.29, 1.82) is 0 Å². The van der Waals surface area contributed by atoms with Crippen molar-refractivity contribution in [1.82, 2.24) is 5.32 Å². The lowest BCUT2D eigenvalue weighted by atomic mass is 10.3. The van der Waals surface area contributed by atoms with Crippen LogP contribution in [0.3, 0.4) is 0 Å². The molecule has 2 N–H and O–H groups in total. The molecule has 2 aromatic rings. The second kappa shape index (κ2) is 6.59.